The second-order valence-electron chi connectivity index (χ2n) is 3.95. The summed E-state index contributed by atoms with van der Waals surface area (Å²) in [5.41, 5.74) is 0.779. The Morgan fingerprint density at radius 2 is 2.24 bits per heavy atom. The lowest BCUT2D eigenvalue weighted by atomic mass is 10.1. The van der Waals surface area contributed by atoms with Crippen molar-refractivity contribution >= 4 is 5.91 Å². The van der Waals surface area contributed by atoms with Gasteiger partial charge in [0.15, 0.2) is 0 Å². The zero-order valence-corrected chi connectivity index (χ0v) is 10.3. The number of hydrogen-bond donors (Lipinski definition) is 2. The molecule has 3 nitrogen and oxygen atoms in total. The van der Waals surface area contributed by atoms with Crippen molar-refractivity contribution < 1.29 is 9.18 Å². The van der Waals surface area contributed by atoms with Gasteiger partial charge in [0.05, 0.1) is 6.04 Å². The second kappa shape index (κ2) is 7.01. The van der Waals surface area contributed by atoms with Crippen LogP contribution in [0.5, 0.6) is 0 Å². The molecule has 0 fully saturated rings. The van der Waals surface area contributed by atoms with E-state index in [9.17, 15) is 9.18 Å². The molecular formula is C13H19FN2O. The van der Waals surface area contributed by atoms with E-state index in [1.165, 1.54) is 12.1 Å². The van der Waals surface area contributed by atoms with Gasteiger partial charge >= 0.3 is 0 Å². The van der Waals surface area contributed by atoms with E-state index in [2.05, 4.69) is 10.6 Å². The van der Waals surface area contributed by atoms with Crippen molar-refractivity contribution in [3.05, 3.63) is 35.6 Å². The molecule has 94 valence electrons. The molecule has 2 N–H and O–H groups in total. The number of nitrogens with one attached hydrogen (secondary N) is 2. The van der Waals surface area contributed by atoms with Gasteiger partial charge in [0.1, 0.15) is 5.82 Å². The molecule has 1 unspecified atom stereocenters. The smallest absolute Gasteiger partial charge is 0.221 e. The number of amides is 1. The number of hydrogen-bond acceptors (Lipinski definition) is 2. The van der Waals surface area contributed by atoms with E-state index in [1.54, 1.807) is 12.1 Å². The Balaban J connectivity index is 2.43. The van der Waals surface area contributed by atoms with Gasteiger partial charge in [-0.25, -0.2) is 4.39 Å². The molecule has 0 spiro atoms. The van der Waals surface area contributed by atoms with E-state index in [-0.39, 0.29) is 17.8 Å². The summed E-state index contributed by atoms with van der Waals surface area (Å²) >= 11 is 0. The quantitative estimate of drug-likeness (QED) is 0.744. The molecule has 1 aromatic carbocycles. The highest BCUT2D eigenvalue weighted by Gasteiger charge is 2.09. The summed E-state index contributed by atoms with van der Waals surface area (Å²) < 4.78 is 13.0. The molecule has 1 atom stereocenters. The van der Waals surface area contributed by atoms with Gasteiger partial charge < -0.3 is 10.6 Å². The summed E-state index contributed by atoms with van der Waals surface area (Å²) in [6.07, 6.45) is 0.438. The van der Waals surface area contributed by atoms with E-state index < -0.39 is 0 Å². The SMILES string of the molecule is CCNCCC(=O)NC(C)c1cccc(F)c1. The van der Waals surface area contributed by atoms with Crippen LogP contribution in [-0.4, -0.2) is 19.0 Å². The first-order valence-electron chi connectivity index (χ1n) is 5.89. The van der Waals surface area contributed by atoms with E-state index in [0.717, 1.165) is 12.1 Å². The third kappa shape index (κ3) is 4.95. The average Bonchev–Trinajstić information content (AvgIpc) is 2.29. The third-order valence-electron chi connectivity index (χ3n) is 2.51. The summed E-state index contributed by atoms with van der Waals surface area (Å²) in [5, 5.41) is 5.92. The predicted octanol–water partition coefficient (Wildman–Crippen LogP) is 2.00. The summed E-state index contributed by atoms with van der Waals surface area (Å²) in [7, 11) is 0. The lowest BCUT2D eigenvalue weighted by molar-refractivity contribution is -0.121. The molecular weight excluding hydrogens is 219 g/mol. The molecule has 1 amide bonds. The van der Waals surface area contributed by atoms with Gasteiger partial charge in [0.25, 0.3) is 0 Å². The van der Waals surface area contributed by atoms with Crippen LogP contribution in [0.3, 0.4) is 0 Å². The first-order valence-corrected chi connectivity index (χ1v) is 5.89. The Kier molecular flexibility index (Phi) is 5.63. The van der Waals surface area contributed by atoms with Crippen molar-refractivity contribution in [3.63, 3.8) is 0 Å². The highest BCUT2D eigenvalue weighted by atomic mass is 19.1. The summed E-state index contributed by atoms with van der Waals surface area (Å²) in [5.74, 6) is -0.307. The summed E-state index contributed by atoms with van der Waals surface area (Å²) in [6, 6.07) is 6.11. The highest BCUT2D eigenvalue weighted by Crippen LogP contribution is 2.13. The van der Waals surface area contributed by atoms with Crippen LogP contribution in [0.25, 0.3) is 0 Å². The average molecular weight is 238 g/mol. The van der Waals surface area contributed by atoms with Gasteiger partial charge in [-0.3, -0.25) is 4.79 Å². The Morgan fingerprint density at radius 1 is 1.47 bits per heavy atom. The van der Waals surface area contributed by atoms with Crippen LogP contribution in [-0.2, 0) is 4.79 Å². The van der Waals surface area contributed by atoms with Crippen molar-refractivity contribution in [3.8, 4) is 0 Å². The maximum atomic E-state index is 13.0. The fourth-order valence-corrected chi connectivity index (χ4v) is 1.55. The minimum atomic E-state index is -0.281. The van der Waals surface area contributed by atoms with Crippen LogP contribution >= 0.6 is 0 Å². The van der Waals surface area contributed by atoms with Crippen LogP contribution in [0.2, 0.25) is 0 Å². The molecule has 1 aromatic rings. The van der Waals surface area contributed by atoms with Crippen molar-refractivity contribution in [1.29, 1.82) is 0 Å². The zero-order chi connectivity index (χ0) is 12.7. The van der Waals surface area contributed by atoms with Crippen LogP contribution in [0, 0.1) is 5.82 Å². The first-order chi connectivity index (χ1) is 8.13. The molecule has 0 aromatic heterocycles. The van der Waals surface area contributed by atoms with Gasteiger partial charge in [-0.05, 0) is 31.2 Å². The molecule has 0 bridgehead atoms. The van der Waals surface area contributed by atoms with Gasteiger partial charge in [0, 0.05) is 13.0 Å². The van der Waals surface area contributed by atoms with E-state index >= 15 is 0 Å². The van der Waals surface area contributed by atoms with Crippen LogP contribution < -0.4 is 10.6 Å². The summed E-state index contributed by atoms with van der Waals surface area (Å²) in [6.45, 7) is 5.36. The minimum Gasteiger partial charge on any atom is -0.350 e. The maximum absolute atomic E-state index is 13.0. The molecule has 4 heteroatoms. The Bertz CT molecular complexity index is 368. The standard InChI is InChI=1S/C13H19FN2O/c1-3-15-8-7-13(17)16-10(2)11-5-4-6-12(14)9-11/h4-6,9-10,15H,3,7-8H2,1-2H3,(H,16,17). The minimum absolute atomic E-state index is 0.0253. The van der Waals surface area contributed by atoms with E-state index in [0.29, 0.717) is 13.0 Å². The van der Waals surface area contributed by atoms with Crippen molar-refractivity contribution in [2.75, 3.05) is 13.1 Å². The van der Waals surface area contributed by atoms with Crippen LogP contribution in [0.15, 0.2) is 24.3 Å². The number of carbonyl (C=O) groups is 1. The lowest BCUT2D eigenvalue weighted by Gasteiger charge is -2.14. The Hall–Kier alpha value is -1.42. The highest BCUT2D eigenvalue weighted by molar-refractivity contribution is 5.76. The van der Waals surface area contributed by atoms with Crippen molar-refractivity contribution in [2.45, 2.75) is 26.3 Å². The maximum Gasteiger partial charge on any atom is 0.221 e. The van der Waals surface area contributed by atoms with Crippen molar-refractivity contribution in [2.24, 2.45) is 0 Å². The fraction of sp³-hybridized carbons (Fsp3) is 0.462. The molecule has 0 aliphatic carbocycles. The van der Waals surface area contributed by atoms with Crippen LogP contribution in [0.4, 0.5) is 4.39 Å². The molecule has 0 heterocycles. The lowest BCUT2D eigenvalue weighted by Crippen LogP contribution is -2.29. The van der Waals surface area contributed by atoms with E-state index in [4.69, 9.17) is 0 Å². The summed E-state index contributed by atoms with van der Waals surface area (Å²) in [4.78, 5) is 11.5. The van der Waals surface area contributed by atoms with Gasteiger partial charge in [0.2, 0.25) is 5.91 Å². The third-order valence-corrected chi connectivity index (χ3v) is 2.51. The van der Waals surface area contributed by atoms with E-state index in [1.807, 2.05) is 13.8 Å². The number of rotatable bonds is 6. The first kappa shape index (κ1) is 13.6. The number of carbonyl (C=O) groups excluding carboxylic acids is 1. The monoisotopic (exact) mass is 238 g/mol. The van der Waals surface area contributed by atoms with Gasteiger partial charge in [-0.2, -0.15) is 0 Å². The molecule has 0 saturated carbocycles. The molecule has 17 heavy (non-hydrogen) atoms. The largest absolute Gasteiger partial charge is 0.350 e. The van der Waals surface area contributed by atoms with Crippen LogP contribution in [0.1, 0.15) is 31.9 Å². The van der Waals surface area contributed by atoms with Crippen molar-refractivity contribution in [1.82, 2.24) is 10.6 Å². The molecule has 0 aliphatic rings. The molecule has 1 rings (SSSR count). The number of benzene rings is 1. The number of halogens is 1. The molecule has 0 radical (unpaired) electrons. The topological polar surface area (TPSA) is 41.1 Å². The van der Waals surface area contributed by atoms with Gasteiger partial charge in [-0.15, -0.1) is 0 Å². The molecule has 0 aliphatic heterocycles. The Morgan fingerprint density at radius 3 is 2.88 bits per heavy atom. The normalized spacial score (nSPS) is 12.2. The Labute approximate surface area is 101 Å². The molecule has 0 saturated heterocycles. The second-order valence-corrected chi connectivity index (χ2v) is 3.95. The van der Waals surface area contributed by atoms with Gasteiger partial charge in [-0.1, -0.05) is 19.1 Å². The predicted molar refractivity (Wildman–Crippen MR) is 66.1 cm³/mol. The fourth-order valence-electron chi connectivity index (χ4n) is 1.55. The zero-order valence-electron chi connectivity index (χ0n) is 10.3.